The van der Waals surface area contributed by atoms with Crippen molar-refractivity contribution in [3.8, 4) is 5.75 Å². The number of ether oxygens (including phenoxy) is 1. The van der Waals surface area contributed by atoms with Crippen LogP contribution in [0.4, 0.5) is 10.1 Å². The lowest BCUT2D eigenvalue weighted by Gasteiger charge is -2.14. The number of thioether (sulfide) groups is 1. The van der Waals surface area contributed by atoms with Crippen LogP contribution in [0.25, 0.3) is 6.08 Å². The molecule has 0 unspecified atom stereocenters. The fraction of sp³-hybridized carbons (Fsp3) is 0.0556. The number of amides is 1. The second-order valence-electron chi connectivity index (χ2n) is 5.16. The Bertz CT molecular complexity index is 893. The number of benzene rings is 2. The first-order valence-corrected chi connectivity index (χ1v) is 8.48. The molecule has 1 amide bonds. The normalized spacial score (nSPS) is 15.8. The highest BCUT2D eigenvalue weighted by Gasteiger charge is 2.33. The Balaban J connectivity index is 1.84. The monoisotopic (exact) mass is 373 g/mol. The molecular formula is C18H12FNO3S2. The van der Waals surface area contributed by atoms with Gasteiger partial charge < -0.3 is 4.74 Å². The number of hydrogen-bond acceptors (Lipinski definition) is 5. The van der Waals surface area contributed by atoms with E-state index >= 15 is 0 Å². The molecule has 0 spiro atoms. The van der Waals surface area contributed by atoms with Crippen LogP contribution in [0.5, 0.6) is 5.75 Å². The average Bonchev–Trinajstić information content (AvgIpc) is 2.83. The summed E-state index contributed by atoms with van der Waals surface area (Å²) in [5.74, 6) is -0.707. The maximum Gasteiger partial charge on any atom is 0.308 e. The summed E-state index contributed by atoms with van der Waals surface area (Å²) < 4.78 is 18.7. The van der Waals surface area contributed by atoms with E-state index in [0.29, 0.717) is 20.7 Å². The predicted octanol–water partition coefficient (Wildman–Crippen LogP) is 4.16. The van der Waals surface area contributed by atoms with E-state index in [2.05, 4.69) is 0 Å². The number of hydrogen-bond donors (Lipinski definition) is 0. The minimum atomic E-state index is -0.434. The molecule has 126 valence electrons. The van der Waals surface area contributed by atoms with Gasteiger partial charge in [0.2, 0.25) is 0 Å². The molecule has 25 heavy (non-hydrogen) atoms. The van der Waals surface area contributed by atoms with Gasteiger partial charge in [-0.1, -0.05) is 42.2 Å². The first-order chi connectivity index (χ1) is 11.9. The van der Waals surface area contributed by atoms with E-state index in [1.807, 2.05) is 0 Å². The molecule has 0 N–H and O–H groups in total. The van der Waals surface area contributed by atoms with E-state index in [0.717, 1.165) is 17.3 Å². The van der Waals surface area contributed by atoms with Crippen molar-refractivity contribution < 1.29 is 18.7 Å². The van der Waals surface area contributed by atoms with Crippen molar-refractivity contribution in [3.63, 3.8) is 0 Å². The highest BCUT2D eigenvalue weighted by molar-refractivity contribution is 8.27. The fourth-order valence-corrected chi connectivity index (χ4v) is 3.55. The first kappa shape index (κ1) is 17.3. The molecule has 1 heterocycles. The Morgan fingerprint density at radius 1 is 1.24 bits per heavy atom. The van der Waals surface area contributed by atoms with Crippen molar-refractivity contribution in [1.82, 2.24) is 0 Å². The zero-order chi connectivity index (χ0) is 18.0. The summed E-state index contributed by atoms with van der Waals surface area (Å²) in [7, 11) is 0. The summed E-state index contributed by atoms with van der Waals surface area (Å²) >= 11 is 6.40. The molecular weight excluding hydrogens is 361 g/mol. The van der Waals surface area contributed by atoms with Crippen LogP contribution in [-0.2, 0) is 9.59 Å². The smallest absolute Gasteiger partial charge is 0.308 e. The largest absolute Gasteiger partial charge is 0.427 e. The van der Waals surface area contributed by atoms with Gasteiger partial charge in [-0.3, -0.25) is 14.5 Å². The van der Waals surface area contributed by atoms with Gasteiger partial charge in [-0.2, -0.15) is 0 Å². The number of rotatable bonds is 3. The molecule has 3 rings (SSSR count). The molecule has 0 atom stereocenters. The van der Waals surface area contributed by atoms with Crippen molar-refractivity contribution in [2.24, 2.45) is 0 Å². The summed E-state index contributed by atoms with van der Waals surface area (Å²) in [6, 6.07) is 12.5. The van der Waals surface area contributed by atoms with Gasteiger partial charge in [0.25, 0.3) is 5.91 Å². The number of anilines is 1. The van der Waals surface area contributed by atoms with Gasteiger partial charge in [-0.25, -0.2) is 4.39 Å². The zero-order valence-electron chi connectivity index (χ0n) is 13.1. The van der Waals surface area contributed by atoms with E-state index < -0.39 is 11.8 Å². The third-order valence-corrected chi connectivity index (χ3v) is 4.60. The lowest BCUT2D eigenvalue weighted by molar-refractivity contribution is -0.131. The van der Waals surface area contributed by atoms with Crippen LogP contribution >= 0.6 is 24.0 Å². The summed E-state index contributed by atoms with van der Waals surface area (Å²) in [5.41, 5.74) is 1.16. The van der Waals surface area contributed by atoms with Gasteiger partial charge in [-0.05, 0) is 42.0 Å². The molecule has 4 nitrogen and oxygen atoms in total. The van der Waals surface area contributed by atoms with E-state index in [4.69, 9.17) is 17.0 Å². The Morgan fingerprint density at radius 2 is 1.96 bits per heavy atom. The van der Waals surface area contributed by atoms with Crippen molar-refractivity contribution in [3.05, 3.63) is 64.8 Å². The van der Waals surface area contributed by atoms with Crippen LogP contribution in [0.15, 0.2) is 53.4 Å². The Hall–Kier alpha value is -2.51. The van der Waals surface area contributed by atoms with Gasteiger partial charge in [-0.15, -0.1) is 0 Å². The minimum Gasteiger partial charge on any atom is -0.427 e. The number of esters is 1. The van der Waals surface area contributed by atoms with Crippen molar-refractivity contribution >= 4 is 51.9 Å². The topological polar surface area (TPSA) is 46.6 Å². The number of carbonyl (C=O) groups is 2. The Morgan fingerprint density at radius 3 is 2.60 bits per heavy atom. The Kier molecular flexibility index (Phi) is 4.96. The summed E-state index contributed by atoms with van der Waals surface area (Å²) in [4.78, 5) is 25.3. The summed E-state index contributed by atoms with van der Waals surface area (Å²) in [6.07, 6.45) is 1.69. The molecule has 0 bridgehead atoms. The van der Waals surface area contributed by atoms with E-state index in [1.54, 1.807) is 36.4 Å². The molecule has 0 radical (unpaired) electrons. The third-order valence-electron chi connectivity index (χ3n) is 3.30. The van der Waals surface area contributed by atoms with Crippen molar-refractivity contribution in [1.29, 1.82) is 0 Å². The van der Waals surface area contributed by atoms with E-state index in [-0.39, 0.29) is 5.91 Å². The van der Waals surface area contributed by atoms with Crippen LogP contribution in [0.3, 0.4) is 0 Å². The molecule has 2 aromatic rings. The molecule has 1 aliphatic heterocycles. The van der Waals surface area contributed by atoms with Crippen LogP contribution < -0.4 is 9.64 Å². The first-order valence-electron chi connectivity index (χ1n) is 7.26. The number of halogens is 1. The molecule has 0 aromatic heterocycles. The van der Waals surface area contributed by atoms with Gasteiger partial charge in [0.15, 0.2) is 4.32 Å². The highest BCUT2D eigenvalue weighted by atomic mass is 32.2. The lowest BCUT2D eigenvalue weighted by atomic mass is 10.2. The molecule has 1 fully saturated rings. The highest BCUT2D eigenvalue weighted by Crippen LogP contribution is 2.36. The third kappa shape index (κ3) is 3.94. The molecule has 7 heteroatoms. The number of nitrogens with zero attached hydrogens (tertiary/aromatic N) is 1. The molecule has 0 saturated carbocycles. The lowest BCUT2D eigenvalue weighted by Crippen LogP contribution is -2.27. The molecule has 1 saturated heterocycles. The summed E-state index contributed by atoms with van der Waals surface area (Å²) in [5, 5.41) is 0. The fourth-order valence-electron chi connectivity index (χ4n) is 2.25. The molecule has 1 aliphatic rings. The van der Waals surface area contributed by atoms with E-state index in [1.165, 1.54) is 30.0 Å². The summed E-state index contributed by atoms with van der Waals surface area (Å²) in [6.45, 7) is 1.33. The number of carbonyl (C=O) groups excluding carboxylic acids is 2. The molecule has 2 aromatic carbocycles. The molecule has 0 aliphatic carbocycles. The van der Waals surface area contributed by atoms with Crippen molar-refractivity contribution in [2.75, 3.05) is 4.90 Å². The second kappa shape index (κ2) is 7.16. The van der Waals surface area contributed by atoms with Crippen LogP contribution in [0, 0.1) is 5.82 Å². The van der Waals surface area contributed by atoms with Crippen LogP contribution in [0.2, 0.25) is 0 Å². The quantitative estimate of drug-likeness (QED) is 0.350. The van der Waals surface area contributed by atoms with Gasteiger partial charge >= 0.3 is 5.97 Å². The maximum absolute atomic E-state index is 13.4. The maximum atomic E-state index is 13.4. The van der Waals surface area contributed by atoms with Crippen LogP contribution in [-0.4, -0.2) is 16.2 Å². The van der Waals surface area contributed by atoms with Crippen LogP contribution in [0.1, 0.15) is 12.5 Å². The SMILES string of the molecule is CC(=O)Oc1ccc(/C=C2/SC(=S)N(c3cccc(F)c3)C2=O)cc1. The minimum absolute atomic E-state index is 0.301. The van der Waals surface area contributed by atoms with Gasteiger partial charge in [0.05, 0.1) is 10.6 Å². The standard InChI is InChI=1S/C18H12FNO3S2/c1-11(21)23-15-7-5-12(6-8-15)9-16-17(22)20(18(24)25-16)14-4-2-3-13(19)10-14/h2-10H,1H3/b16-9+. The second-order valence-corrected chi connectivity index (χ2v) is 6.84. The van der Waals surface area contributed by atoms with Crippen molar-refractivity contribution in [2.45, 2.75) is 6.92 Å². The predicted molar refractivity (Wildman–Crippen MR) is 99.8 cm³/mol. The Labute approximate surface area is 153 Å². The van der Waals surface area contributed by atoms with E-state index in [9.17, 15) is 14.0 Å². The number of thiocarbonyl (C=S) groups is 1. The van der Waals surface area contributed by atoms with Gasteiger partial charge in [0, 0.05) is 6.92 Å². The zero-order valence-corrected chi connectivity index (χ0v) is 14.7. The van der Waals surface area contributed by atoms with Gasteiger partial charge in [0.1, 0.15) is 11.6 Å². The average molecular weight is 373 g/mol.